The highest BCUT2D eigenvalue weighted by Gasteiger charge is 2.37. The van der Waals surface area contributed by atoms with Gasteiger partial charge in [-0.15, -0.1) is 0 Å². The highest BCUT2D eigenvalue weighted by molar-refractivity contribution is 4.95. The minimum atomic E-state index is -0.0694. The zero-order valence-electron chi connectivity index (χ0n) is 11.8. The van der Waals surface area contributed by atoms with Gasteiger partial charge in [-0.1, -0.05) is 32.6 Å². The van der Waals surface area contributed by atoms with Crippen LogP contribution in [-0.2, 0) is 4.74 Å². The molecule has 1 aliphatic carbocycles. The molecular weight excluding hydrogens is 226 g/mol. The van der Waals surface area contributed by atoms with Gasteiger partial charge in [0.15, 0.2) is 0 Å². The van der Waals surface area contributed by atoms with Crippen LogP contribution in [0, 0.1) is 0 Å². The van der Waals surface area contributed by atoms with Gasteiger partial charge in [-0.2, -0.15) is 0 Å². The number of ether oxygens (including phenoxy) is 1. The first-order valence-electron chi connectivity index (χ1n) is 7.78. The fourth-order valence-corrected chi connectivity index (χ4v) is 3.53. The van der Waals surface area contributed by atoms with Crippen molar-refractivity contribution in [3.05, 3.63) is 0 Å². The summed E-state index contributed by atoms with van der Waals surface area (Å²) in [5.74, 6) is 0. The molecule has 2 fully saturated rings. The van der Waals surface area contributed by atoms with Crippen LogP contribution in [0.15, 0.2) is 0 Å². The lowest BCUT2D eigenvalue weighted by Gasteiger charge is -2.43. The zero-order chi connectivity index (χ0) is 12.8. The topological polar surface area (TPSA) is 41.5 Å². The van der Waals surface area contributed by atoms with Crippen molar-refractivity contribution in [3.63, 3.8) is 0 Å². The molecule has 2 atom stereocenters. The molecule has 2 N–H and O–H groups in total. The van der Waals surface area contributed by atoms with Crippen molar-refractivity contribution in [2.75, 3.05) is 13.2 Å². The van der Waals surface area contributed by atoms with Gasteiger partial charge in [0.2, 0.25) is 0 Å². The van der Waals surface area contributed by atoms with E-state index in [1.165, 1.54) is 32.1 Å². The van der Waals surface area contributed by atoms with Crippen LogP contribution in [0.1, 0.15) is 64.7 Å². The molecule has 3 nitrogen and oxygen atoms in total. The minimum Gasteiger partial charge on any atom is -0.394 e. The average molecular weight is 255 g/mol. The fourth-order valence-electron chi connectivity index (χ4n) is 3.53. The van der Waals surface area contributed by atoms with Gasteiger partial charge < -0.3 is 15.2 Å². The van der Waals surface area contributed by atoms with E-state index in [4.69, 9.17) is 4.74 Å². The lowest BCUT2D eigenvalue weighted by molar-refractivity contribution is -0.0527. The van der Waals surface area contributed by atoms with E-state index in [1.807, 2.05) is 0 Å². The van der Waals surface area contributed by atoms with Gasteiger partial charge in [0.1, 0.15) is 0 Å². The molecule has 0 aromatic carbocycles. The van der Waals surface area contributed by atoms with Gasteiger partial charge in [0.25, 0.3) is 0 Å². The van der Waals surface area contributed by atoms with Crippen LogP contribution < -0.4 is 5.32 Å². The molecule has 2 rings (SSSR count). The van der Waals surface area contributed by atoms with Gasteiger partial charge in [-0.05, 0) is 32.1 Å². The molecule has 18 heavy (non-hydrogen) atoms. The van der Waals surface area contributed by atoms with E-state index in [9.17, 15) is 5.11 Å². The molecule has 0 aromatic heterocycles. The van der Waals surface area contributed by atoms with Gasteiger partial charge in [0, 0.05) is 18.2 Å². The van der Waals surface area contributed by atoms with Gasteiger partial charge >= 0.3 is 0 Å². The van der Waals surface area contributed by atoms with E-state index in [1.54, 1.807) is 0 Å². The molecule has 3 heteroatoms. The summed E-state index contributed by atoms with van der Waals surface area (Å²) in [7, 11) is 0. The van der Waals surface area contributed by atoms with Gasteiger partial charge in [0.05, 0.1) is 12.7 Å². The number of rotatable bonds is 5. The Morgan fingerprint density at radius 2 is 2.06 bits per heavy atom. The van der Waals surface area contributed by atoms with Crippen LogP contribution in [-0.4, -0.2) is 36.0 Å². The van der Waals surface area contributed by atoms with Crippen molar-refractivity contribution in [1.82, 2.24) is 5.32 Å². The number of aliphatic hydroxyl groups excluding tert-OH is 1. The van der Waals surface area contributed by atoms with Gasteiger partial charge in [-0.25, -0.2) is 0 Å². The fraction of sp³-hybridized carbons (Fsp3) is 1.00. The first kappa shape index (κ1) is 14.3. The normalized spacial score (nSPS) is 34.7. The Bertz CT molecular complexity index is 239. The average Bonchev–Trinajstić information content (AvgIpc) is 2.41. The largest absolute Gasteiger partial charge is 0.394 e. The molecule has 2 unspecified atom stereocenters. The zero-order valence-corrected chi connectivity index (χ0v) is 11.8. The second kappa shape index (κ2) is 6.88. The number of hydrogen-bond acceptors (Lipinski definition) is 3. The second-order valence-corrected chi connectivity index (χ2v) is 6.15. The molecule has 0 radical (unpaired) electrons. The second-order valence-electron chi connectivity index (χ2n) is 6.15. The van der Waals surface area contributed by atoms with Crippen molar-refractivity contribution in [1.29, 1.82) is 0 Å². The molecule has 1 saturated carbocycles. The van der Waals surface area contributed by atoms with Crippen LogP contribution in [0.2, 0.25) is 0 Å². The summed E-state index contributed by atoms with van der Waals surface area (Å²) in [5.41, 5.74) is -0.0694. The van der Waals surface area contributed by atoms with E-state index in [2.05, 4.69) is 12.2 Å². The molecule has 1 saturated heterocycles. The van der Waals surface area contributed by atoms with Crippen molar-refractivity contribution in [2.45, 2.75) is 82.4 Å². The van der Waals surface area contributed by atoms with Crippen molar-refractivity contribution in [3.8, 4) is 0 Å². The third-order valence-corrected chi connectivity index (χ3v) is 4.58. The molecule has 0 amide bonds. The van der Waals surface area contributed by atoms with Crippen molar-refractivity contribution in [2.24, 2.45) is 0 Å². The quantitative estimate of drug-likeness (QED) is 0.793. The highest BCUT2D eigenvalue weighted by atomic mass is 16.5. The summed E-state index contributed by atoms with van der Waals surface area (Å²) in [6, 6.07) is 0.617. The van der Waals surface area contributed by atoms with Crippen LogP contribution >= 0.6 is 0 Å². The minimum absolute atomic E-state index is 0.0694. The smallest absolute Gasteiger partial charge is 0.0615 e. The predicted octanol–water partition coefficient (Wildman–Crippen LogP) is 2.62. The molecule has 0 bridgehead atoms. The number of hydrogen-bond donors (Lipinski definition) is 2. The highest BCUT2D eigenvalue weighted by Crippen LogP contribution is 2.29. The third kappa shape index (κ3) is 3.69. The summed E-state index contributed by atoms with van der Waals surface area (Å²) >= 11 is 0. The molecule has 0 spiro atoms. The van der Waals surface area contributed by atoms with Crippen LogP contribution in [0.5, 0.6) is 0 Å². The monoisotopic (exact) mass is 255 g/mol. The Morgan fingerprint density at radius 3 is 2.72 bits per heavy atom. The maximum Gasteiger partial charge on any atom is 0.0615 e. The Balaban J connectivity index is 1.91. The summed E-state index contributed by atoms with van der Waals surface area (Å²) in [4.78, 5) is 0. The maximum atomic E-state index is 9.84. The lowest BCUT2D eigenvalue weighted by Crippen LogP contribution is -2.58. The van der Waals surface area contributed by atoms with E-state index < -0.39 is 0 Å². The lowest BCUT2D eigenvalue weighted by atomic mass is 9.83. The van der Waals surface area contributed by atoms with Crippen molar-refractivity contribution >= 4 is 0 Å². The van der Waals surface area contributed by atoms with Crippen LogP contribution in [0.4, 0.5) is 0 Å². The van der Waals surface area contributed by atoms with Gasteiger partial charge in [-0.3, -0.25) is 0 Å². The molecule has 0 aromatic rings. The van der Waals surface area contributed by atoms with E-state index in [0.717, 1.165) is 32.3 Å². The Hall–Kier alpha value is -0.120. The standard InChI is InChI=1S/C15H29NO2/c1-2-6-14-11-15(12-17,9-10-18-14)16-13-7-4-3-5-8-13/h13-14,16-17H,2-12H2,1H3. The summed E-state index contributed by atoms with van der Waals surface area (Å²) in [5, 5.41) is 13.6. The molecule has 2 aliphatic rings. The van der Waals surface area contributed by atoms with Crippen LogP contribution in [0.25, 0.3) is 0 Å². The maximum absolute atomic E-state index is 9.84. The molecule has 106 valence electrons. The first-order chi connectivity index (χ1) is 8.78. The first-order valence-corrected chi connectivity index (χ1v) is 7.78. The summed E-state index contributed by atoms with van der Waals surface area (Å²) in [6.45, 7) is 3.26. The SMILES string of the molecule is CCCC1CC(CO)(NC2CCCCC2)CCO1. The summed E-state index contributed by atoms with van der Waals surface area (Å²) < 4.78 is 5.81. The van der Waals surface area contributed by atoms with E-state index in [-0.39, 0.29) is 12.1 Å². The molecule has 1 heterocycles. The van der Waals surface area contributed by atoms with Crippen molar-refractivity contribution < 1.29 is 9.84 Å². The third-order valence-electron chi connectivity index (χ3n) is 4.58. The van der Waals surface area contributed by atoms with E-state index >= 15 is 0 Å². The van der Waals surface area contributed by atoms with E-state index in [0.29, 0.717) is 12.1 Å². The Labute approximate surface area is 111 Å². The molecule has 1 aliphatic heterocycles. The number of aliphatic hydroxyl groups is 1. The Morgan fingerprint density at radius 1 is 1.28 bits per heavy atom. The molecular formula is C15H29NO2. The Kier molecular flexibility index (Phi) is 5.46. The summed E-state index contributed by atoms with van der Waals surface area (Å²) in [6.07, 6.45) is 11.2. The van der Waals surface area contributed by atoms with Crippen LogP contribution in [0.3, 0.4) is 0 Å². The predicted molar refractivity (Wildman–Crippen MR) is 73.7 cm³/mol. The number of nitrogens with one attached hydrogen (secondary N) is 1.